The van der Waals surface area contributed by atoms with E-state index in [2.05, 4.69) is 10.3 Å². The van der Waals surface area contributed by atoms with Crippen LogP contribution in [-0.2, 0) is 11.3 Å². The SMILES string of the molecule is Cc1nc(O[C@H]2CC3(C[C@H](NC(=O)OCc4ccccc4)C3)C2)c(C(N)=O)s1. The van der Waals surface area contributed by atoms with Gasteiger partial charge >= 0.3 is 6.09 Å². The molecule has 0 atom stereocenters. The average molecular weight is 401 g/mol. The first-order chi connectivity index (χ1) is 13.4. The van der Waals surface area contributed by atoms with Crippen molar-refractivity contribution in [1.29, 1.82) is 0 Å². The molecule has 0 radical (unpaired) electrons. The van der Waals surface area contributed by atoms with Crippen LogP contribution in [0.5, 0.6) is 5.88 Å². The molecule has 2 saturated carbocycles. The molecule has 28 heavy (non-hydrogen) atoms. The Hall–Kier alpha value is -2.61. The van der Waals surface area contributed by atoms with Crippen LogP contribution in [0.3, 0.4) is 0 Å². The molecular formula is C20H23N3O4S. The smallest absolute Gasteiger partial charge is 0.407 e. The zero-order valence-electron chi connectivity index (χ0n) is 15.6. The van der Waals surface area contributed by atoms with E-state index in [1.807, 2.05) is 37.3 Å². The Kier molecular flexibility index (Phi) is 4.97. The maximum absolute atomic E-state index is 11.9. The van der Waals surface area contributed by atoms with Crippen molar-refractivity contribution >= 4 is 23.3 Å². The summed E-state index contributed by atoms with van der Waals surface area (Å²) in [5.74, 6) is -0.148. The van der Waals surface area contributed by atoms with Crippen LogP contribution in [0.2, 0.25) is 0 Å². The average Bonchev–Trinajstić information content (AvgIpc) is 2.98. The highest BCUT2D eigenvalue weighted by Gasteiger charge is 2.54. The van der Waals surface area contributed by atoms with Crippen LogP contribution in [0, 0.1) is 12.3 Å². The lowest BCUT2D eigenvalue weighted by molar-refractivity contribution is -0.0855. The number of rotatable bonds is 6. The maximum atomic E-state index is 11.9. The van der Waals surface area contributed by atoms with Gasteiger partial charge < -0.3 is 20.5 Å². The van der Waals surface area contributed by atoms with E-state index in [4.69, 9.17) is 15.2 Å². The van der Waals surface area contributed by atoms with Crippen molar-refractivity contribution in [3.05, 3.63) is 45.8 Å². The van der Waals surface area contributed by atoms with E-state index in [0.717, 1.165) is 36.3 Å². The van der Waals surface area contributed by atoms with Crippen LogP contribution in [0.25, 0.3) is 0 Å². The molecule has 2 aliphatic carbocycles. The molecule has 148 valence electrons. The second-order valence-corrected chi connectivity index (χ2v) is 8.89. The fourth-order valence-corrected chi connectivity index (χ4v) is 4.85. The molecule has 4 rings (SSSR count). The first-order valence-corrected chi connectivity index (χ1v) is 10.2. The molecule has 0 unspecified atom stereocenters. The van der Waals surface area contributed by atoms with Crippen molar-refractivity contribution in [1.82, 2.24) is 10.3 Å². The summed E-state index contributed by atoms with van der Waals surface area (Å²) in [7, 11) is 0. The molecule has 8 heteroatoms. The lowest BCUT2D eigenvalue weighted by Crippen LogP contribution is -2.58. The van der Waals surface area contributed by atoms with Gasteiger partial charge in [-0.3, -0.25) is 4.79 Å². The number of benzene rings is 1. The molecule has 0 aliphatic heterocycles. The van der Waals surface area contributed by atoms with E-state index in [1.54, 1.807) is 0 Å². The Morgan fingerprint density at radius 2 is 1.96 bits per heavy atom. The molecule has 2 aliphatic rings. The summed E-state index contributed by atoms with van der Waals surface area (Å²) < 4.78 is 11.2. The summed E-state index contributed by atoms with van der Waals surface area (Å²) in [4.78, 5) is 28.1. The van der Waals surface area contributed by atoms with Gasteiger partial charge in [-0.25, -0.2) is 9.78 Å². The van der Waals surface area contributed by atoms with Gasteiger partial charge in [0.25, 0.3) is 5.91 Å². The number of amides is 2. The van der Waals surface area contributed by atoms with Crippen LogP contribution in [0.15, 0.2) is 30.3 Å². The van der Waals surface area contributed by atoms with Crippen LogP contribution in [0.1, 0.15) is 45.9 Å². The lowest BCUT2D eigenvalue weighted by atomic mass is 9.53. The Balaban J connectivity index is 1.18. The summed E-state index contributed by atoms with van der Waals surface area (Å²) in [6.45, 7) is 2.10. The van der Waals surface area contributed by atoms with E-state index in [0.29, 0.717) is 10.8 Å². The number of carbonyl (C=O) groups excluding carboxylic acids is 2. The van der Waals surface area contributed by atoms with E-state index < -0.39 is 5.91 Å². The molecule has 2 aromatic rings. The second kappa shape index (κ2) is 7.43. The molecule has 1 aromatic carbocycles. The van der Waals surface area contributed by atoms with E-state index in [1.165, 1.54) is 11.3 Å². The monoisotopic (exact) mass is 401 g/mol. The predicted octanol–water partition coefficient (Wildman–Crippen LogP) is 3.17. The number of hydrogen-bond donors (Lipinski definition) is 2. The van der Waals surface area contributed by atoms with Crippen molar-refractivity contribution in [3.8, 4) is 5.88 Å². The number of ether oxygens (including phenoxy) is 2. The highest BCUT2D eigenvalue weighted by atomic mass is 32.1. The summed E-state index contributed by atoms with van der Waals surface area (Å²) in [5, 5.41) is 3.69. The molecule has 7 nitrogen and oxygen atoms in total. The van der Waals surface area contributed by atoms with Crippen molar-refractivity contribution in [2.75, 3.05) is 0 Å². The Morgan fingerprint density at radius 1 is 1.25 bits per heavy atom. The van der Waals surface area contributed by atoms with Crippen molar-refractivity contribution in [2.24, 2.45) is 11.1 Å². The molecule has 2 fully saturated rings. The fraction of sp³-hybridized carbons (Fsp3) is 0.450. The Bertz CT molecular complexity index is 869. The number of hydrogen-bond acceptors (Lipinski definition) is 6. The molecule has 1 aromatic heterocycles. The molecule has 0 saturated heterocycles. The third-order valence-corrected chi connectivity index (χ3v) is 6.39. The quantitative estimate of drug-likeness (QED) is 0.774. The molecule has 0 bridgehead atoms. The molecule has 1 heterocycles. The Morgan fingerprint density at radius 3 is 2.64 bits per heavy atom. The van der Waals surface area contributed by atoms with Gasteiger partial charge in [0.1, 0.15) is 12.7 Å². The van der Waals surface area contributed by atoms with Gasteiger partial charge in [-0.2, -0.15) is 0 Å². The molecule has 1 spiro atoms. The zero-order valence-corrected chi connectivity index (χ0v) is 16.5. The number of carbonyl (C=O) groups is 2. The highest BCUT2D eigenvalue weighted by Crippen LogP contribution is 2.56. The first kappa shape index (κ1) is 18.7. The molecule has 3 N–H and O–H groups in total. The van der Waals surface area contributed by atoms with Gasteiger partial charge in [0.15, 0.2) is 4.88 Å². The van der Waals surface area contributed by atoms with Gasteiger partial charge in [-0.05, 0) is 43.6 Å². The summed E-state index contributed by atoms with van der Waals surface area (Å²) in [5.41, 5.74) is 6.57. The number of nitrogens with zero attached hydrogens (tertiary/aromatic N) is 1. The molecule has 2 amide bonds. The van der Waals surface area contributed by atoms with E-state index >= 15 is 0 Å². The number of primary amides is 1. The minimum atomic E-state index is -0.503. The number of nitrogens with one attached hydrogen (secondary N) is 1. The van der Waals surface area contributed by atoms with Crippen molar-refractivity contribution in [2.45, 2.75) is 51.4 Å². The van der Waals surface area contributed by atoms with Gasteiger partial charge in [0.2, 0.25) is 5.88 Å². The third-order valence-electron chi connectivity index (χ3n) is 5.42. The summed E-state index contributed by atoms with van der Waals surface area (Å²) >= 11 is 1.26. The van der Waals surface area contributed by atoms with Gasteiger partial charge in [0.05, 0.1) is 5.01 Å². The Labute approximate surface area is 167 Å². The maximum Gasteiger partial charge on any atom is 0.407 e. The summed E-state index contributed by atoms with van der Waals surface area (Å²) in [6, 6.07) is 9.76. The summed E-state index contributed by atoms with van der Waals surface area (Å²) in [6.07, 6.45) is 3.32. The number of aryl methyl sites for hydroxylation is 1. The second-order valence-electron chi connectivity index (χ2n) is 7.69. The van der Waals surface area contributed by atoms with Crippen LogP contribution < -0.4 is 15.8 Å². The minimum absolute atomic E-state index is 0.0468. The number of thiazole rings is 1. The number of nitrogens with two attached hydrogens (primary N) is 1. The van der Waals surface area contributed by atoms with E-state index in [9.17, 15) is 9.59 Å². The predicted molar refractivity (Wildman–Crippen MR) is 104 cm³/mol. The van der Waals surface area contributed by atoms with E-state index in [-0.39, 0.29) is 30.3 Å². The number of aromatic nitrogens is 1. The van der Waals surface area contributed by atoms with Gasteiger partial charge in [-0.15, -0.1) is 11.3 Å². The van der Waals surface area contributed by atoms with Gasteiger partial charge in [0, 0.05) is 6.04 Å². The first-order valence-electron chi connectivity index (χ1n) is 9.34. The largest absolute Gasteiger partial charge is 0.473 e. The van der Waals surface area contributed by atoms with Crippen LogP contribution in [0.4, 0.5) is 4.79 Å². The normalized spacial score (nSPS) is 25.5. The van der Waals surface area contributed by atoms with Crippen molar-refractivity contribution in [3.63, 3.8) is 0 Å². The fourth-order valence-electron chi connectivity index (χ4n) is 4.14. The van der Waals surface area contributed by atoms with Crippen LogP contribution >= 0.6 is 11.3 Å². The topological polar surface area (TPSA) is 104 Å². The lowest BCUT2D eigenvalue weighted by Gasteiger charge is -2.56. The third kappa shape index (κ3) is 3.96. The van der Waals surface area contributed by atoms with Gasteiger partial charge in [-0.1, -0.05) is 30.3 Å². The standard InChI is InChI=1S/C20H23N3O4S/c1-12-22-18(16(28-12)17(21)24)27-15-9-20(10-15)7-14(8-20)23-19(25)26-11-13-5-3-2-4-6-13/h2-6,14-15H,7-11H2,1H3,(H2,21,24)(H,23,25)/t14-,15-,20?. The minimum Gasteiger partial charge on any atom is -0.473 e. The van der Waals surface area contributed by atoms with Crippen LogP contribution in [-0.4, -0.2) is 29.1 Å². The zero-order chi connectivity index (χ0) is 19.7. The molecular weight excluding hydrogens is 378 g/mol. The number of alkyl carbamates (subject to hydrolysis) is 1. The highest BCUT2D eigenvalue weighted by molar-refractivity contribution is 7.13. The van der Waals surface area contributed by atoms with Crippen molar-refractivity contribution < 1.29 is 19.1 Å².